The molecule has 110 valence electrons. The highest BCUT2D eigenvalue weighted by atomic mass is 16.5. The first-order valence-corrected chi connectivity index (χ1v) is 7.26. The fourth-order valence-electron chi connectivity index (χ4n) is 2.88. The lowest BCUT2D eigenvalue weighted by Gasteiger charge is -2.21. The lowest BCUT2D eigenvalue weighted by atomic mass is 10.1. The quantitative estimate of drug-likeness (QED) is 0.892. The zero-order valence-corrected chi connectivity index (χ0v) is 12.3. The minimum absolute atomic E-state index is 0.233. The van der Waals surface area contributed by atoms with E-state index >= 15 is 0 Å². The van der Waals surface area contributed by atoms with Crippen LogP contribution >= 0.6 is 0 Å². The number of carbonyl (C=O) groups excluding carboxylic acids is 1. The molecule has 2 rings (SSSR count). The number of likely N-dealkylation sites (tertiary alicyclic amines) is 1. The fourth-order valence-corrected chi connectivity index (χ4v) is 2.88. The molecule has 2 atom stereocenters. The van der Waals surface area contributed by atoms with Crippen molar-refractivity contribution in [3.05, 3.63) is 29.8 Å². The number of benzene rings is 1. The molecule has 2 N–H and O–H groups in total. The molecule has 2 unspecified atom stereocenters. The average molecular weight is 276 g/mol. The van der Waals surface area contributed by atoms with E-state index in [1.165, 1.54) is 0 Å². The van der Waals surface area contributed by atoms with Crippen LogP contribution in [0.25, 0.3) is 0 Å². The van der Waals surface area contributed by atoms with Crippen molar-refractivity contribution in [2.24, 2.45) is 11.7 Å². The summed E-state index contributed by atoms with van der Waals surface area (Å²) < 4.78 is 5.20. The predicted octanol–water partition coefficient (Wildman–Crippen LogP) is 1.82. The summed E-state index contributed by atoms with van der Waals surface area (Å²) in [4.78, 5) is 14.3. The van der Waals surface area contributed by atoms with E-state index in [4.69, 9.17) is 10.5 Å². The number of methoxy groups -OCH3 is 1. The van der Waals surface area contributed by atoms with E-state index in [0.29, 0.717) is 24.9 Å². The molecule has 1 saturated heterocycles. The highest BCUT2D eigenvalue weighted by Crippen LogP contribution is 2.23. The second kappa shape index (κ2) is 6.75. The first kappa shape index (κ1) is 14.9. The monoisotopic (exact) mass is 276 g/mol. The molecule has 1 aliphatic heterocycles. The molecule has 0 spiro atoms. The van der Waals surface area contributed by atoms with Gasteiger partial charge < -0.3 is 15.4 Å². The molecule has 1 heterocycles. The number of amides is 1. The Morgan fingerprint density at radius 3 is 2.95 bits per heavy atom. The summed E-state index contributed by atoms with van der Waals surface area (Å²) in [6.07, 6.45) is 2.34. The third-order valence-electron chi connectivity index (χ3n) is 4.08. The van der Waals surface area contributed by atoms with Gasteiger partial charge in [-0.25, -0.2) is 0 Å². The number of ether oxygens (including phenoxy) is 1. The SMILES string of the molecule is COc1cccc(CCC(=O)N2CC(CN)CC2C)c1. The van der Waals surface area contributed by atoms with Crippen LogP contribution in [-0.4, -0.2) is 37.0 Å². The van der Waals surface area contributed by atoms with Crippen LogP contribution in [0.4, 0.5) is 0 Å². The van der Waals surface area contributed by atoms with Gasteiger partial charge in [-0.15, -0.1) is 0 Å². The average Bonchev–Trinajstić information content (AvgIpc) is 2.86. The predicted molar refractivity (Wildman–Crippen MR) is 79.7 cm³/mol. The van der Waals surface area contributed by atoms with Gasteiger partial charge in [-0.2, -0.15) is 0 Å². The molecule has 1 aromatic carbocycles. The molecule has 1 aromatic rings. The molecule has 1 amide bonds. The number of nitrogens with two attached hydrogens (primary N) is 1. The van der Waals surface area contributed by atoms with Crippen LogP contribution in [0.15, 0.2) is 24.3 Å². The van der Waals surface area contributed by atoms with Crippen LogP contribution in [0.2, 0.25) is 0 Å². The maximum atomic E-state index is 12.3. The highest BCUT2D eigenvalue weighted by Gasteiger charge is 2.30. The van der Waals surface area contributed by atoms with Gasteiger partial charge in [0.1, 0.15) is 5.75 Å². The molecule has 0 saturated carbocycles. The Morgan fingerprint density at radius 1 is 1.50 bits per heavy atom. The minimum atomic E-state index is 0.233. The van der Waals surface area contributed by atoms with E-state index < -0.39 is 0 Å². The largest absolute Gasteiger partial charge is 0.497 e. The van der Waals surface area contributed by atoms with Gasteiger partial charge in [0.05, 0.1) is 7.11 Å². The Hall–Kier alpha value is -1.55. The highest BCUT2D eigenvalue weighted by molar-refractivity contribution is 5.77. The Balaban J connectivity index is 1.88. The molecule has 4 heteroatoms. The van der Waals surface area contributed by atoms with Gasteiger partial charge >= 0.3 is 0 Å². The minimum Gasteiger partial charge on any atom is -0.497 e. The number of hydrogen-bond acceptors (Lipinski definition) is 3. The standard InChI is InChI=1S/C16H24N2O2/c1-12-8-14(10-17)11-18(12)16(19)7-6-13-4-3-5-15(9-13)20-2/h3-5,9,12,14H,6-8,10-11,17H2,1-2H3. The zero-order valence-electron chi connectivity index (χ0n) is 12.3. The molecular weight excluding hydrogens is 252 g/mol. The van der Waals surface area contributed by atoms with E-state index in [1.807, 2.05) is 29.2 Å². The summed E-state index contributed by atoms with van der Waals surface area (Å²) in [5.41, 5.74) is 6.84. The first-order valence-electron chi connectivity index (χ1n) is 7.26. The summed E-state index contributed by atoms with van der Waals surface area (Å²) >= 11 is 0. The first-order chi connectivity index (χ1) is 9.63. The van der Waals surface area contributed by atoms with Crippen molar-refractivity contribution in [2.75, 3.05) is 20.2 Å². The maximum Gasteiger partial charge on any atom is 0.223 e. The number of aryl methyl sites for hydroxylation is 1. The normalized spacial score (nSPS) is 22.1. The summed E-state index contributed by atoms with van der Waals surface area (Å²) in [7, 11) is 1.66. The van der Waals surface area contributed by atoms with E-state index in [2.05, 4.69) is 6.92 Å². The van der Waals surface area contributed by atoms with E-state index in [1.54, 1.807) is 7.11 Å². The van der Waals surface area contributed by atoms with Gasteiger partial charge in [0.2, 0.25) is 5.91 Å². The topological polar surface area (TPSA) is 55.6 Å². The van der Waals surface area contributed by atoms with Gasteiger partial charge in [-0.05, 0) is 49.9 Å². The molecule has 0 radical (unpaired) electrons. The molecule has 0 aliphatic carbocycles. The second-order valence-electron chi connectivity index (χ2n) is 5.58. The number of rotatable bonds is 5. The van der Waals surface area contributed by atoms with Gasteiger partial charge in [0, 0.05) is 19.0 Å². The summed E-state index contributed by atoms with van der Waals surface area (Å²) in [6, 6.07) is 8.22. The zero-order chi connectivity index (χ0) is 14.5. The van der Waals surface area contributed by atoms with Gasteiger partial charge in [-0.3, -0.25) is 4.79 Å². The molecule has 0 aromatic heterocycles. The van der Waals surface area contributed by atoms with Crippen LogP contribution in [0.1, 0.15) is 25.3 Å². The van der Waals surface area contributed by atoms with Gasteiger partial charge in [-0.1, -0.05) is 12.1 Å². The van der Waals surface area contributed by atoms with Crippen LogP contribution in [0, 0.1) is 5.92 Å². The second-order valence-corrected chi connectivity index (χ2v) is 5.58. The number of hydrogen-bond donors (Lipinski definition) is 1. The maximum absolute atomic E-state index is 12.3. The van der Waals surface area contributed by atoms with Crippen molar-refractivity contribution in [2.45, 2.75) is 32.2 Å². The smallest absolute Gasteiger partial charge is 0.223 e. The van der Waals surface area contributed by atoms with Crippen molar-refractivity contribution in [3.63, 3.8) is 0 Å². The molecule has 4 nitrogen and oxygen atoms in total. The Morgan fingerprint density at radius 2 is 2.30 bits per heavy atom. The van der Waals surface area contributed by atoms with Gasteiger partial charge in [0.15, 0.2) is 0 Å². The third-order valence-corrected chi connectivity index (χ3v) is 4.08. The van der Waals surface area contributed by atoms with Crippen LogP contribution < -0.4 is 10.5 Å². The van der Waals surface area contributed by atoms with Crippen molar-refractivity contribution in [3.8, 4) is 5.75 Å². The molecule has 1 fully saturated rings. The lowest BCUT2D eigenvalue weighted by Crippen LogP contribution is -2.34. The van der Waals surface area contributed by atoms with Crippen LogP contribution in [0.3, 0.4) is 0 Å². The van der Waals surface area contributed by atoms with E-state index in [-0.39, 0.29) is 5.91 Å². The van der Waals surface area contributed by atoms with Crippen LogP contribution in [0.5, 0.6) is 5.75 Å². The number of carbonyl (C=O) groups is 1. The summed E-state index contributed by atoms with van der Waals surface area (Å²) in [6.45, 7) is 3.59. The van der Waals surface area contributed by atoms with Gasteiger partial charge in [0.25, 0.3) is 0 Å². The third kappa shape index (κ3) is 3.51. The van der Waals surface area contributed by atoms with E-state index in [9.17, 15) is 4.79 Å². The lowest BCUT2D eigenvalue weighted by molar-refractivity contribution is -0.131. The Labute approximate surface area is 120 Å². The summed E-state index contributed by atoms with van der Waals surface area (Å²) in [5, 5.41) is 0. The van der Waals surface area contributed by atoms with Crippen molar-refractivity contribution in [1.29, 1.82) is 0 Å². The molecule has 20 heavy (non-hydrogen) atoms. The Bertz CT molecular complexity index is 462. The van der Waals surface area contributed by atoms with Crippen molar-refractivity contribution in [1.82, 2.24) is 4.90 Å². The molecule has 1 aliphatic rings. The Kier molecular flexibility index (Phi) is 5.01. The fraction of sp³-hybridized carbons (Fsp3) is 0.562. The van der Waals surface area contributed by atoms with Crippen molar-refractivity contribution < 1.29 is 9.53 Å². The number of nitrogens with zero attached hydrogens (tertiary/aromatic N) is 1. The molecular formula is C16H24N2O2. The van der Waals surface area contributed by atoms with Crippen LogP contribution in [-0.2, 0) is 11.2 Å². The molecule has 0 bridgehead atoms. The van der Waals surface area contributed by atoms with E-state index in [0.717, 1.165) is 30.7 Å². The van der Waals surface area contributed by atoms with Crippen molar-refractivity contribution >= 4 is 5.91 Å². The summed E-state index contributed by atoms with van der Waals surface area (Å²) in [5.74, 6) is 1.54.